The summed E-state index contributed by atoms with van der Waals surface area (Å²) in [5.41, 5.74) is -0.184. The number of aromatic nitrogens is 3. The molecule has 0 bridgehead atoms. The summed E-state index contributed by atoms with van der Waals surface area (Å²) in [6.07, 6.45) is 4.30. The molecule has 0 amide bonds. The summed E-state index contributed by atoms with van der Waals surface area (Å²) in [4.78, 5) is 26.7. The van der Waals surface area contributed by atoms with Crippen molar-refractivity contribution in [2.75, 3.05) is 7.11 Å². The fourth-order valence-electron chi connectivity index (χ4n) is 1.82. The normalized spacial score (nSPS) is 12.2. The smallest absolute Gasteiger partial charge is 0.269 e. The molecule has 120 valence electrons. The summed E-state index contributed by atoms with van der Waals surface area (Å²) in [5, 5.41) is 14.7. The van der Waals surface area contributed by atoms with Crippen molar-refractivity contribution >= 4 is 23.2 Å². The van der Waals surface area contributed by atoms with Gasteiger partial charge in [0.1, 0.15) is 24.0 Å². The highest BCUT2D eigenvalue weighted by molar-refractivity contribution is 6.23. The van der Waals surface area contributed by atoms with E-state index >= 15 is 0 Å². The number of nitro benzene ring substituents is 1. The Balaban J connectivity index is 2.45. The predicted octanol–water partition coefficient (Wildman–Crippen LogP) is 2.18. The second kappa shape index (κ2) is 6.49. The Morgan fingerprint density at radius 1 is 1.35 bits per heavy atom. The van der Waals surface area contributed by atoms with Gasteiger partial charge in [0.15, 0.2) is 0 Å². The summed E-state index contributed by atoms with van der Waals surface area (Å²) in [6.45, 7) is 3.30. The average molecular weight is 316 g/mol. The van der Waals surface area contributed by atoms with Crippen molar-refractivity contribution < 1.29 is 14.5 Å². The quantitative estimate of drug-likeness (QED) is 0.460. The molecule has 0 aliphatic heterocycles. The van der Waals surface area contributed by atoms with Crippen molar-refractivity contribution in [3.05, 3.63) is 52.6 Å². The first-order valence-corrected chi connectivity index (χ1v) is 6.76. The molecule has 8 nitrogen and oxygen atoms in total. The number of benzene rings is 1. The van der Waals surface area contributed by atoms with Crippen LogP contribution in [0.25, 0.3) is 11.8 Å². The van der Waals surface area contributed by atoms with Crippen molar-refractivity contribution in [2.45, 2.75) is 19.4 Å². The van der Waals surface area contributed by atoms with Gasteiger partial charge in [-0.1, -0.05) is 0 Å². The molecule has 2 rings (SSSR count). The zero-order valence-corrected chi connectivity index (χ0v) is 13.0. The molecular weight excluding hydrogens is 300 g/mol. The van der Waals surface area contributed by atoms with Crippen LogP contribution in [0.5, 0.6) is 0 Å². The van der Waals surface area contributed by atoms with Crippen LogP contribution in [0.3, 0.4) is 0 Å². The summed E-state index contributed by atoms with van der Waals surface area (Å²) in [6, 6.07) is 5.86. The summed E-state index contributed by atoms with van der Waals surface area (Å²) in [5.74, 6) is -0.288. The highest BCUT2D eigenvalue weighted by Gasteiger charge is 2.31. The van der Waals surface area contributed by atoms with Gasteiger partial charge in [0.05, 0.1) is 4.92 Å². The molecule has 0 saturated carbocycles. The van der Waals surface area contributed by atoms with Gasteiger partial charge < -0.3 is 4.74 Å². The van der Waals surface area contributed by atoms with Crippen LogP contribution < -0.4 is 0 Å². The number of hydrogen-bond donors (Lipinski definition) is 0. The Bertz CT molecular complexity index is 733. The van der Waals surface area contributed by atoms with Gasteiger partial charge in [0.2, 0.25) is 5.78 Å². The Morgan fingerprint density at radius 2 is 2.00 bits per heavy atom. The zero-order chi connectivity index (χ0) is 17.0. The maximum absolute atomic E-state index is 12.7. The topological polar surface area (TPSA) is 100 Å². The van der Waals surface area contributed by atoms with E-state index in [0.717, 1.165) is 0 Å². The standard InChI is InChI=1S/C15H16N4O4/c1-15(2,23-3)14(20)13(18-10-16-9-17-18)8-11-4-6-12(7-5-11)19(21)22/h4-10H,1-3H3/b13-8-. The molecule has 0 N–H and O–H groups in total. The number of rotatable bonds is 6. The van der Waals surface area contributed by atoms with Gasteiger partial charge in [-0.15, -0.1) is 0 Å². The lowest BCUT2D eigenvalue weighted by Crippen LogP contribution is -2.35. The number of ketones is 1. The highest BCUT2D eigenvalue weighted by Crippen LogP contribution is 2.21. The van der Waals surface area contributed by atoms with Crippen LogP contribution in [0.4, 0.5) is 5.69 Å². The molecule has 1 aromatic carbocycles. The van der Waals surface area contributed by atoms with Gasteiger partial charge in [-0.3, -0.25) is 14.9 Å². The van der Waals surface area contributed by atoms with E-state index in [-0.39, 0.29) is 17.2 Å². The lowest BCUT2D eigenvalue weighted by Gasteiger charge is -2.22. The molecule has 0 aliphatic carbocycles. The number of ether oxygens (including phenoxy) is 1. The SMILES string of the molecule is COC(C)(C)C(=O)/C(=C/c1ccc([N+](=O)[O-])cc1)n1cncn1. The molecule has 2 aromatic rings. The summed E-state index contributed by atoms with van der Waals surface area (Å²) < 4.78 is 6.56. The number of Topliss-reactive ketones (excluding diaryl/α,β-unsaturated/α-hetero) is 1. The first kappa shape index (κ1) is 16.5. The number of carbonyl (C=O) groups is 1. The van der Waals surface area contributed by atoms with E-state index < -0.39 is 10.5 Å². The first-order chi connectivity index (χ1) is 10.8. The fraction of sp³-hybridized carbons (Fsp3) is 0.267. The molecule has 0 spiro atoms. The number of hydrogen-bond acceptors (Lipinski definition) is 6. The Labute approximate surface area is 132 Å². The molecule has 8 heteroatoms. The van der Waals surface area contributed by atoms with E-state index in [2.05, 4.69) is 10.1 Å². The van der Waals surface area contributed by atoms with Crippen LogP contribution in [0.2, 0.25) is 0 Å². The Kier molecular flexibility index (Phi) is 4.65. The van der Waals surface area contributed by atoms with Gasteiger partial charge in [-0.2, -0.15) is 5.10 Å². The lowest BCUT2D eigenvalue weighted by atomic mass is 9.99. The van der Waals surface area contributed by atoms with Crippen LogP contribution in [0.15, 0.2) is 36.9 Å². The summed E-state index contributed by atoms with van der Waals surface area (Å²) in [7, 11) is 1.45. The maximum Gasteiger partial charge on any atom is 0.269 e. The minimum absolute atomic E-state index is 0.0204. The molecule has 0 atom stereocenters. The molecule has 0 aliphatic rings. The number of nitrogens with zero attached hydrogens (tertiary/aromatic N) is 4. The van der Waals surface area contributed by atoms with E-state index in [0.29, 0.717) is 5.56 Å². The van der Waals surface area contributed by atoms with Crippen molar-refractivity contribution in [3.63, 3.8) is 0 Å². The van der Waals surface area contributed by atoms with E-state index in [1.165, 1.54) is 36.6 Å². The van der Waals surface area contributed by atoms with Crippen molar-refractivity contribution in [2.24, 2.45) is 0 Å². The number of nitro groups is 1. The van der Waals surface area contributed by atoms with Crippen LogP contribution >= 0.6 is 0 Å². The van der Waals surface area contributed by atoms with E-state index in [1.807, 2.05) is 0 Å². The lowest BCUT2D eigenvalue weighted by molar-refractivity contribution is -0.384. The van der Waals surface area contributed by atoms with Crippen molar-refractivity contribution in [1.29, 1.82) is 0 Å². The van der Waals surface area contributed by atoms with Crippen LogP contribution in [0.1, 0.15) is 19.4 Å². The number of carbonyl (C=O) groups excluding carboxylic acids is 1. The van der Waals surface area contributed by atoms with Gasteiger partial charge in [0.25, 0.3) is 5.69 Å². The third-order valence-corrected chi connectivity index (χ3v) is 3.36. The van der Waals surface area contributed by atoms with E-state index in [4.69, 9.17) is 4.74 Å². The minimum Gasteiger partial charge on any atom is -0.371 e. The largest absolute Gasteiger partial charge is 0.371 e. The highest BCUT2D eigenvalue weighted by atomic mass is 16.6. The van der Waals surface area contributed by atoms with Crippen molar-refractivity contribution in [1.82, 2.24) is 14.8 Å². The molecular formula is C15H16N4O4. The third-order valence-electron chi connectivity index (χ3n) is 3.36. The summed E-state index contributed by atoms with van der Waals surface area (Å²) >= 11 is 0. The van der Waals surface area contributed by atoms with Gasteiger partial charge >= 0.3 is 0 Å². The number of non-ortho nitro benzene ring substituents is 1. The van der Waals surface area contributed by atoms with Crippen LogP contribution in [-0.2, 0) is 9.53 Å². The van der Waals surface area contributed by atoms with Gasteiger partial charge in [-0.25, -0.2) is 9.67 Å². The second-order valence-corrected chi connectivity index (χ2v) is 5.26. The molecule has 23 heavy (non-hydrogen) atoms. The number of methoxy groups -OCH3 is 1. The minimum atomic E-state index is -1.04. The van der Waals surface area contributed by atoms with Crippen LogP contribution in [0, 0.1) is 10.1 Å². The van der Waals surface area contributed by atoms with E-state index in [9.17, 15) is 14.9 Å². The molecule has 0 radical (unpaired) electrons. The molecule has 1 aromatic heterocycles. The molecule has 0 saturated heterocycles. The maximum atomic E-state index is 12.7. The van der Waals surface area contributed by atoms with Gasteiger partial charge in [0, 0.05) is 19.2 Å². The Morgan fingerprint density at radius 3 is 2.48 bits per heavy atom. The fourth-order valence-corrected chi connectivity index (χ4v) is 1.82. The first-order valence-electron chi connectivity index (χ1n) is 6.76. The molecule has 1 heterocycles. The van der Waals surface area contributed by atoms with Crippen LogP contribution in [-0.4, -0.2) is 38.2 Å². The molecule has 0 unspecified atom stereocenters. The van der Waals surface area contributed by atoms with E-state index in [1.54, 1.807) is 32.1 Å². The molecule has 0 fully saturated rings. The predicted molar refractivity (Wildman–Crippen MR) is 83.4 cm³/mol. The Hall–Kier alpha value is -2.87. The monoisotopic (exact) mass is 316 g/mol. The zero-order valence-electron chi connectivity index (χ0n) is 13.0. The van der Waals surface area contributed by atoms with Crippen molar-refractivity contribution in [3.8, 4) is 0 Å². The second-order valence-electron chi connectivity index (χ2n) is 5.26. The average Bonchev–Trinajstić information content (AvgIpc) is 3.06. The third kappa shape index (κ3) is 3.67. The van der Waals surface area contributed by atoms with Gasteiger partial charge in [-0.05, 0) is 37.6 Å².